The van der Waals surface area contributed by atoms with Gasteiger partial charge >= 0.3 is 0 Å². The number of anilines is 1. The lowest BCUT2D eigenvalue weighted by molar-refractivity contribution is -0.122. The molecule has 0 aliphatic carbocycles. The van der Waals surface area contributed by atoms with Crippen LogP contribution in [0.25, 0.3) is 0 Å². The van der Waals surface area contributed by atoms with Crippen molar-refractivity contribution in [2.75, 3.05) is 10.6 Å². The lowest BCUT2D eigenvalue weighted by Crippen LogP contribution is -2.47. The first-order chi connectivity index (χ1) is 11.7. The first-order valence-corrected chi connectivity index (χ1v) is 9.68. The summed E-state index contributed by atoms with van der Waals surface area (Å²) in [4.78, 5) is 12.4. The molecule has 1 amide bonds. The van der Waals surface area contributed by atoms with Crippen LogP contribution >= 0.6 is 11.6 Å². The van der Waals surface area contributed by atoms with E-state index in [9.17, 15) is 17.6 Å². The van der Waals surface area contributed by atoms with Gasteiger partial charge in [-0.1, -0.05) is 23.7 Å². The molecule has 1 unspecified atom stereocenters. The zero-order valence-corrected chi connectivity index (χ0v) is 15.3. The van der Waals surface area contributed by atoms with Crippen molar-refractivity contribution in [3.05, 3.63) is 64.9 Å². The van der Waals surface area contributed by atoms with Crippen LogP contribution in [0.4, 0.5) is 10.1 Å². The smallest absolute Gasteiger partial charge is 0.243 e. The van der Waals surface area contributed by atoms with Gasteiger partial charge in [-0.15, -0.1) is 0 Å². The zero-order chi connectivity index (χ0) is 18.6. The minimum absolute atomic E-state index is 0.220. The van der Waals surface area contributed by atoms with Gasteiger partial charge in [0.05, 0.1) is 11.9 Å². The van der Waals surface area contributed by atoms with Crippen molar-refractivity contribution in [2.24, 2.45) is 0 Å². The van der Waals surface area contributed by atoms with Crippen LogP contribution in [0.2, 0.25) is 5.02 Å². The van der Waals surface area contributed by atoms with E-state index in [-0.39, 0.29) is 12.2 Å². The van der Waals surface area contributed by atoms with E-state index in [0.29, 0.717) is 5.02 Å². The third-order valence-corrected chi connectivity index (χ3v) is 5.04. The van der Waals surface area contributed by atoms with Crippen LogP contribution < -0.4 is 9.62 Å². The molecule has 1 atom stereocenters. The maximum atomic E-state index is 13.1. The minimum Gasteiger partial charge on any atom is -0.350 e. The SMILES string of the molecule is CC(C(=O)NCc1ccc(Cl)cc1)N(c1ccc(F)cc1)S(C)(=O)=O. The van der Waals surface area contributed by atoms with Crippen molar-refractivity contribution in [1.29, 1.82) is 0 Å². The third kappa shape index (κ3) is 5.17. The Morgan fingerprint density at radius 2 is 1.72 bits per heavy atom. The van der Waals surface area contributed by atoms with Gasteiger partial charge in [-0.05, 0) is 48.9 Å². The molecule has 25 heavy (non-hydrogen) atoms. The lowest BCUT2D eigenvalue weighted by Gasteiger charge is -2.28. The number of rotatable bonds is 6. The zero-order valence-electron chi connectivity index (χ0n) is 13.7. The molecule has 0 bridgehead atoms. The van der Waals surface area contributed by atoms with Crippen molar-refractivity contribution >= 4 is 33.2 Å². The first kappa shape index (κ1) is 19.2. The Morgan fingerprint density at radius 1 is 1.16 bits per heavy atom. The first-order valence-electron chi connectivity index (χ1n) is 7.45. The number of amides is 1. The van der Waals surface area contributed by atoms with Crippen molar-refractivity contribution in [1.82, 2.24) is 5.32 Å². The highest BCUT2D eigenvalue weighted by molar-refractivity contribution is 7.92. The van der Waals surface area contributed by atoms with Gasteiger partial charge in [0.25, 0.3) is 0 Å². The largest absolute Gasteiger partial charge is 0.350 e. The number of benzene rings is 2. The van der Waals surface area contributed by atoms with E-state index in [1.807, 2.05) is 0 Å². The van der Waals surface area contributed by atoms with Gasteiger partial charge in [0.2, 0.25) is 15.9 Å². The molecule has 0 heterocycles. The summed E-state index contributed by atoms with van der Waals surface area (Å²) < 4.78 is 38.3. The van der Waals surface area contributed by atoms with Gasteiger partial charge in [0.15, 0.2) is 0 Å². The highest BCUT2D eigenvalue weighted by Gasteiger charge is 2.28. The van der Waals surface area contributed by atoms with Gasteiger partial charge < -0.3 is 5.32 Å². The summed E-state index contributed by atoms with van der Waals surface area (Å²) in [6.45, 7) is 1.71. The Hall–Kier alpha value is -2.12. The van der Waals surface area contributed by atoms with Crippen molar-refractivity contribution in [2.45, 2.75) is 19.5 Å². The Bertz CT molecular complexity index is 839. The van der Waals surface area contributed by atoms with Crippen LogP contribution in [0.5, 0.6) is 0 Å². The molecule has 0 fully saturated rings. The molecule has 2 aromatic rings. The summed E-state index contributed by atoms with van der Waals surface area (Å²) in [5.41, 5.74) is 1.05. The number of carbonyl (C=O) groups excluding carboxylic acids is 1. The molecule has 0 aliphatic rings. The number of sulfonamides is 1. The molecule has 2 aromatic carbocycles. The van der Waals surface area contributed by atoms with Gasteiger partial charge in [-0.3, -0.25) is 9.10 Å². The third-order valence-electron chi connectivity index (χ3n) is 3.55. The molecular weight excluding hydrogens is 367 g/mol. The fraction of sp³-hybridized carbons (Fsp3) is 0.235. The van der Waals surface area contributed by atoms with E-state index in [0.717, 1.165) is 28.3 Å². The summed E-state index contributed by atoms with van der Waals surface area (Å²) in [6, 6.07) is 10.9. The number of halogens is 2. The van der Waals surface area contributed by atoms with E-state index in [1.165, 1.54) is 19.1 Å². The molecule has 134 valence electrons. The second-order valence-corrected chi connectivity index (χ2v) is 7.85. The normalized spacial score (nSPS) is 12.5. The van der Waals surface area contributed by atoms with E-state index in [2.05, 4.69) is 5.32 Å². The molecule has 2 rings (SSSR count). The highest BCUT2D eigenvalue weighted by Crippen LogP contribution is 2.21. The molecule has 0 saturated carbocycles. The quantitative estimate of drug-likeness (QED) is 0.832. The van der Waals surface area contributed by atoms with Crippen LogP contribution in [0.1, 0.15) is 12.5 Å². The Labute approximate surface area is 151 Å². The van der Waals surface area contributed by atoms with Gasteiger partial charge in [-0.25, -0.2) is 12.8 Å². The van der Waals surface area contributed by atoms with E-state index >= 15 is 0 Å². The van der Waals surface area contributed by atoms with Gasteiger partial charge in [-0.2, -0.15) is 0 Å². The Morgan fingerprint density at radius 3 is 2.24 bits per heavy atom. The van der Waals surface area contributed by atoms with E-state index in [4.69, 9.17) is 11.6 Å². The minimum atomic E-state index is -3.73. The Balaban J connectivity index is 2.15. The summed E-state index contributed by atoms with van der Waals surface area (Å²) in [5, 5.41) is 3.28. The average Bonchev–Trinajstić information content (AvgIpc) is 2.54. The second kappa shape index (κ2) is 7.84. The molecule has 0 aliphatic heterocycles. The highest BCUT2D eigenvalue weighted by atomic mass is 35.5. The van der Waals surface area contributed by atoms with Crippen LogP contribution in [-0.2, 0) is 21.4 Å². The summed E-state index contributed by atoms with van der Waals surface area (Å²) in [5.74, 6) is -0.957. The standard InChI is InChI=1S/C17H18ClFN2O3S/c1-12(17(22)20-11-13-3-5-14(18)6-4-13)21(25(2,23)24)16-9-7-15(19)8-10-16/h3-10,12H,11H2,1-2H3,(H,20,22). The van der Waals surface area contributed by atoms with Crippen LogP contribution in [0.3, 0.4) is 0 Å². The fourth-order valence-electron chi connectivity index (χ4n) is 2.34. The second-order valence-electron chi connectivity index (χ2n) is 5.56. The molecule has 0 spiro atoms. The Kier molecular flexibility index (Phi) is 6.02. The van der Waals surface area contributed by atoms with Gasteiger partial charge in [0, 0.05) is 11.6 Å². The summed E-state index contributed by atoms with van der Waals surface area (Å²) in [7, 11) is -3.73. The molecule has 0 radical (unpaired) electrons. The monoisotopic (exact) mass is 384 g/mol. The fourth-order valence-corrected chi connectivity index (χ4v) is 3.64. The molecular formula is C17H18ClFN2O3S. The van der Waals surface area contributed by atoms with Gasteiger partial charge in [0.1, 0.15) is 11.9 Å². The summed E-state index contributed by atoms with van der Waals surface area (Å²) in [6.07, 6.45) is 0.999. The van der Waals surface area contributed by atoms with Crippen molar-refractivity contribution < 1.29 is 17.6 Å². The van der Waals surface area contributed by atoms with E-state index in [1.54, 1.807) is 24.3 Å². The number of nitrogens with one attached hydrogen (secondary N) is 1. The number of carbonyl (C=O) groups is 1. The maximum Gasteiger partial charge on any atom is 0.243 e. The van der Waals surface area contributed by atoms with Crippen LogP contribution in [0, 0.1) is 5.82 Å². The summed E-state index contributed by atoms with van der Waals surface area (Å²) >= 11 is 5.81. The topological polar surface area (TPSA) is 66.5 Å². The predicted octanol–water partition coefficient (Wildman–Crippen LogP) is 2.95. The molecule has 1 N–H and O–H groups in total. The number of nitrogens with zero attached hydrogens (tertiary/aromatic N) is 1. The number of hydrogen-bond donors (Lipinski definition) is 1. The van der Waals surface area contributed by atoms with Crippen LogP contribution in [0.15, 0.2) is 48.5 Å². The van der Waals surface area contributed by atoms with E-state index < -0.39 is 27.8 Å². The average molecular weight is 385 g/mol. The maximum absolute atomic E-state index is 13.1. The predicted molar refractivity (Wildman–Crippen MR) is 96.5 cm³/mol. The molecule has 5 nitrogen and oxygen atoms in total. The van der Waals surface area contributed by atoms with Crippen LogP contribution in [-0.4, -0.2) is 26.6 Å². The number of hydrogen-bond acceptors (Lipinski definition) is 3. The lowest BCUT2D eigenvalue weighted by atomic mass is 10.2. The van der Waals surface area contributed by atoms with Crippen molar-refractivity contribution in [3.63, 3.8) is 0 Å². The molecule has 0 aromatic heterocycles. The van der Waals surface area contributed by atoms with Crippen molar-refractivity contribution in [3.8, 4) is 0 Å². The molecule has 8 heteroatoms. The molecule has 0 saturated heterocycles.